The summed E-state index contributed by atoms with van der Waals surface area (Å²) >= 11 is 0. The lowest BCUT2D eigenvalue weighted by molar-refractivity contribution is -0.140. The Hall–Kier alpha value is -3.32. The zero-order valence-corrected chi connectivity index (χ0v) is 17.3. The van der Waals surface area contributed by atoms with Crippen molar-refractivity contribution in [1.82, 2.24) is 4.90 Å². The van der Waals surface area contributed by atoms with Crippen molar-refractivity contribution in [3.05, 3.63) is 65.2 Å². The molecule has 1 N–H and O–H groups in total. The molecule has 0 aliphatic carbocycles. The molecule has 1 amide bonds. The van der Waals surface area contributed by atoms with Crippen LogP contribution >= 0.6 is 0 Å². The molecule has 1 aliphatic rings. The Balaban J connectivity index is 2.16. The molecule has 7 nitrogen and oxygen atoms in total. The van der Waals surface area contributed by atoms with Crippen LogP contribution in [0.1, 0.15) is 24.1 Å². The number of ether oxygens (including phenoxy) is 3. The topological polar surface area (TPSA) is 85.3 Å². The Morgan fingerprint density at radius 3 is 2.43 bits per heavy atom. The van der Waals surface area contributed by atoms with Crippen molar-refractivity contribution in [2.24, 2.45) is 0 Å². The number of methoxy groups -OCH3 is 2. The van der Waals surface area contributed by atoms with Gasteiger partial charge in [0, 0.05) is 19.2 Å². The second kappa shape index (κ2) is 9.45. The highest BCUT2D eigenvalue weighted by Gasteiger charge is 2.46. The predicted molar refractivity (Wildman–Crippen MR) is 111 cm³/mol. The summed E-state index contributed by atoms with van der Waals surface area (Å²) in [6.07, 6.45) is 0. The highest BCUT2D eigenvalue weighted by molar-refractivity contribution is 6.46. The van der Waals surface area contributed by atoms with E-state index in [0.29, 0.717) is 29.2 Å². The molecular weight excluding hydrogens is 386 g/mol. The smallest absolute Gasteiger partial charge is 0.295 e. The number of Topliss-reactive ketones (excluding diaryl/α,β-unsaturated/α-hetero) is 1. The van der Waals surface area contributed by atoms with Gasteiger partial charge in [-0.3, -0.25) is 9.59 Å². The van der Waals surface area contributed by atoms with E-state index in [-0.39, 0.29) is 24.5 Å². The first-order valence-electron chi connectivity index (χ1n) is 9.67. The van der Waals surface area contributed by atoms with Crippen molar-refractivity contribution in [3.63, 3.8) is 0 Å². The lowest BCUT2D eigenvalue weighted by Gasteiger charge is -2.25. The number of ketones is 1. The van der Waals surface area contributed by atoms with E-state index in [9.17, 15) is 14.7 Å². The number of aliphatic hydroxyl groups is 1. The summed E-state index contributed by atoms with van der Waals surface area (Å²) in [4.78, 5) is 27.1. The maximum atomic E-state index is 12.9. The van der Waals surface area contributed by atoms with Gasteiger partial charge in [0.25, 0.3) is 11.7 Å². The number of likely N-dealkylation sites (tertiary alicyclic amines) is 1. The standard InChI is InChI=1S/C23H25NO6/c1-4-30-17-11-10-16(14-18(17)29-3)20-19(21(25)15-8-6-5-7-9-15)22(26)23(27)24(20)12-13-28-2/h5-11,14,20,25H,4,12-13H2,1-3H3. The molecule has 2 aromatic rings. The summed E-state index contributed by atoms with van der Waals surface area (Å²) < 4.78 is 16.1. The molecule has 3 rings (SSSR count). The van der Waals surface area contributed by atoms with Crippen molar-refractivity contribution in [2.75, 3.05) is 34.0 Å². The first kappa shape index (κ1) is 21.4. The van der Waals surface area contributed by atoms with Gasteiger partial charge in [0.15, 0.2) is 11.5 Å². The van der Waals surface area contributed by atoms with Gasteiger partial charge in [0.2, 0.25) is 0 Å². The van der Waals surface area contributed by atoms with E-state index in [1.807, 2.05) is 13.0 Å². The Morgan fingerprint density at radius 2 is 1.80 bits per heavy atom. The number of aliphatic hydroxyl groups excluding tert-OH is 1. The average Bonchev–Trinajstić information content (AvgIpc) is 3.03. The Labute approximate surface area is 175 Å². The van der Waals surface area contributed by atoms with E-state index >= 15 is 0 Å². The quantitative estimate of drug-likeness (QED) is 0.408. The van der Waals surface area contributed by atoms with E-state index in [1.54, 1.807) is 42.5 Å². The van der Waals surface area contributed by atoms with Gasteiger partial charge in [-0.15, -0.1) is 0 Å². The number of nitrogens with zero attached hydrogens (tertiary/aromatic N) is 1. The maximum absolute atomic E-state index is 12.9. The van der Waals surface area contributed by atoms with Gasteiger partial charge in [-0.1, -0.05) is 36.4 Å². The highest BCUT2D eigenvalue weighted by Crippen LogP contribution is 2.41. The van der Waals surface area contributed by atoms with E-state index in [0.717, 1.165) is 0 Å². The molecule has 30 heavy (non-hydrogen) atoms. The van der Waals surface area contributed by atoms with Crippen LogP contribution in [0.15, 0.2) is 54.1 Å². The SMILES string of the molecule is CCOc1ccc(C2C(=C(O)c3ccccc3)C(=O)C(=O)N2CCOC)cc1OC. The Bertz CT molecular complexity index is 953. The Kier molecular flexibility index (Phi) is 6.74. The molecule has 1 fully saturated rings. The largest absolute Gasteiger partial charge is 0.507 e. The third-order valence-electron chi connectivity index (χ3n) is 4.93. The van der Waals surface area contributed by atoms with Crippen molar-refractivity contribution in [3.8, 4) is 11.5 Å². The number of carbonyl (C=O) groups excluding carboxylic acids is 2. The Morgan fingerprint density at radius 1 is 1.07 bits per heavy atom. The molecule has 1 atom stereocenters. The third-order valence-corrected chi connectivity index (χ3v) is 4.93. The molecule has 1 saturated heterocycles. The average molecular weight is 411 g/mol. The van der Waals surface area contributed by atoms with Gasteiger partial charge in [-0.25, -0.2) is 0 Å². The molecule has 0 spiro atoms. The van der Waals surface area contributed by atoms with Crippen LogP contribution in [0.25, 0.3) is 5.76 Å². The van der Waals surface area contributed by atoms with E-state index < -0.39 is 17.7 Å². The van der Waals surface area contributed by atoms with Crippen LogP contribution in [0.4, 0.5) is 0 Å². The first-order chi connectivity index (χ1) is 14.5. The first-order valence-corrected chi connectivity index (χ1v) is 9.67. The monoisotopic (exact) mass is 411 g/mol. The van der Waals surface area contributed by atoms with Crippen LogP contribution in [0.5, 0.6) is 11.5 Å². The van der Waals surface area contributed by atoms with Crippen LogP contribution < -0.4 is 9.47 Å². The number of amides is 1. The summed E-state index contributed by atoms with van der Waals surface area (Å²) in [5, 5.41) is 10.9. The molecular formula is C23H25NO6. The van der Waals surface area contributed by atoms with Gasteiger partial charge in [-0.05, 0) is 24.6 Å². The minimum atomic E-state index is -0.773. The van der Waals surface area contributed by atoms with Crippen molar-refractivity contribution < 1.29 is 28.9 Å². The molecule has 1 unspecified atom stereocenters. The summed E-state index contributed by atoms with van der Waals surface area (Å²) in [5.74, 6) is -0.591. The molecule has 7 heteroatoms. The second-order valence-electron chi connectivity index (χ2n) is 6.69. The van der Waals surface area contributed by atoms with Gasteiger partial charge < -0.3 is 24.2 Å². The molecule has 0 bridgehead atoms. The third kappa shape index (κ3) is 4.02. The lowest BCUT2D eigenvalue weighted by Crippen LogP contribution is -2.32. The fourth-order valence-electron chi connectivity index (χ4n) is 3.53. The predicted octanol–water partition coefficient (Wildman–Crippen LogP) is 3.16. The lowest BCUT2D eigenvalue weighted by atomic mass is 9.95. The molecule has 1 heterocycles. The maximum Gasteiger partial charge on any atom is 0.295 e. The fraction of sp³-hybridized carbons (Fsp3) is 0.304. The van der Waals surface area contributed by atoms with Gasteiger partial charge in [0.05, 0.1) is 31.9 Å². The van der Waals surface area contributed by atoms with Gasteiger partial charge in [-0.2, -0.15) is 0 Å². The zero-order chi connectivity index (χ0) is 21.7. The van der Waals surface area contributed by atoms with E-state index in [4.69, 9.17) is 14.2 Å². The molecule has 158 valence electrons. The summed E-state index contributed by atoms with van der Waals surface area (Å²) in [6, 6.07) is 13.1. The number of carbonyl (C=O) groups is 2. The normalized spacial score (nSPS) is 18.0. The zero-order valence-electron chi connectivity index (χ0n) is 17.3. The van der Waals surface area contributed by atoms with Crippen molar-refractivity contribution in [2.45, 2.75) is 13.0 Å². The summed E-state index contributed by atoms with van der Waals surface area (Å²) in [6.45, 7) is 2.79. The van der Waals surface area contributed by atoms with Crippen LogP contribution in [-0.4, -0.2) is 55.7 Å². The van der Waals surface area contributed by atoms with Crippen LogP contribution in [0, 0.1) is 0 Å². The van der Waals surface area contributed by atoms with Crippen LogP contribution in [0.3, 0.4) is 0 Å². The molecule has 2 aromatic carbocycles. The summed E-state index contributed by atoms with van der Waals surface area (Å²) in [5.41, 5.74) is 1.13. The number of rotatable bonds is 8. The molecule has 0 saturated carbocycles. The molecule has 0 aromatic heterocycles. The number of hydrogen-bond acceptors (Lipinski definition) is 6. The van der Waals surface area contributed by atoms with Crippen LogP contribution in [-0.2, 0) is 14.3 Å². The number of hydrogen-bond donors (Lipinski definition) is 1. The van der Waals surface area contributed by atoms with E-state index in [2.05, 4.69) is 0 Å². The minimum absolute atomic E-state index is 0.0357. The van der Waals surface area contributed by atoms with Gasteiger partial charge in [0.1, 0.15) is 5.76 Å². The van der Waals surface area contributed by atoms with Crippen molar-refractivity contribution >= 4 is 17.4 Å². The van der Waals surface area contributed by atoms with Crippen molar-refractivity contribution in [1.29, 1.82) is 0 Å². The molecule has 1 aliphatic heterocycles. The number of benzene rings is 2. The van der Waals surface area contributed by atoms with Gasteiger partial charge >= 0.3 is 0 Å². The molecule has 0 radical (unpaired) electrons. The minimum Gasteiger partial charge on any atom is -0.507 e. The highest BCUT2D eigenvalue weighted by atomic mass is 16.5. The van der Waals surface area contributed by atoms with Crippen LogP contribution in [0.2, 0.25) is 0 Å². The second-order valence-corrected chi connectivity index (χ2v) is 6.69. The summed E-state index contributed by atoms with van der Waals surface area (Å²) in [7, 11) is 3.04. The fourth-order valence-corrected chi connectivity index (χ4v) is 3.53. The van der Waals surface area contributed by atoms with E-state index in [1.165, 1.54) is 19.1 Å².